The van der Waals surface area contributed by atoms with Crippen LogP contribution in [-0.2, 0) is 10.0 Å². The summed E-state index contributed by atoms with van der Waals surface area (Å²) in [5.74, 6) is 0. The Morgan fingerprint density at radius 2 is 1.65 bits per heavy atom. The molecular weight excluding hydrogens is 280 g/mol. The van der Waals surface area contributed by atoms with Gasteiger partial charge in [-0.2, -0.15) is 4.31 Å². The summed E-state index contributed by atoms with van der Waals surface area (Å²) in [6.07, 6.45) is 2.71. The smallest absolute Gasteiger partial charge is 0.258 e. The molecule has 0 aromatic heterocycles. The predicted octanol–water partition coefficient (Wildman–Crippen LogP) is 2.55. The lowest BCUT2D eigenvalue weighted by Crippen LogP contribution is -2.47. The van der Waals surface area contributed by atoms with Crippen molar-refractivity contribution in [2.24, 2.45) is 0 Å². The predicted molar refractivity (Wildman–Crippen MR) is 74.9 cm³/mol. The zero-order valence-electron chi connectivity index (χ0n) is 11.5. The van der Waals surface area contributed by atoms with E-state index in [0.717, 1.165) is 19.3 Å². The van der Waals surface area contributed by atoms with Crippen LogP contribution in [0.5, 0.6) is 0 Å². The van der Waals surface area contributed by atoms with E-state index in [1.165, 1.54) is 28.6 Å². The third-order valence-corrected chi connectivity index (χ3v) is 5.88. The van der Waals surface area contributed by atoms with Crippen molar-refractivity contribution in [1.82, 2.24) is 4.31 Å². The van der Waals surface area contributed by atoms with Crippen molar-refractivity contribution < 1.29 is 13.3 Å². The van der Waals surface area contributed by atoms with Crippen molar-refractivity contribution in [3.05, 3.63) is 34.4 Å². The van der Waals surface area contributed by atoms with Gasteiger partial charge in [0.25, 0.3) is 5.69 Å². The molecule has 1 heterocycles. The maximum atomic E-state index is 12.6. The number of nitro benzene ring substituents is 1. The van der Waals surface area contributed by atoms with Gasteiger partial charge in [0.1, 0.15) is 0 Å². The van der Waals surface area contributed by atoms with Crippen molar-refractivity contribution in [3.8, 4) is 0 Å². The summed E-state index contributed by atoms with van der Waals surface area (Å²) in [4.78, 5) is 10.2. The minimum Gasteiger partial charge on any atom is -0.258 e. The van der Waals surface area contributed by atoms with Gasteiger partial charge in [-0.1, -0.05) is 6.42 Å². The van der Waals surface area contributed by atoms with E-state index in [4.69, 9.17) is 0 Å². The Balaban J connectivity index is 2.36. The van der Waals surface area contributed by atoms with Crippen LogP contribution in [0.3, 0.4) is 0 Å². The van der Waals surface area contributed by atoms with E-state index in [-0.39, 0.29) is 22.7 Å². The molecule has 0 N–H and O–H groups in total. The Morgan fingerprint density at radius 3 is 2.10 bits per heavy atom. The number of benzene rings is 1. The number of hydrogen-bond acceptors (Lipinski definition) is 4. The summed E-state index contributed by atoms with van der Waals surface area (Å²) in [6.45, 7) is 3.80. The van der Waals surface area contributed by atoms with Crippen molar-refractivity contribution in [2.45, 2.75) is 50.1 Å². The van der Waals surface area contributed by atoms with Gasteiger partial charge in [-0.05, 0) is 38.8 Å². The molecule has 7 heteroatoms. The quantitative estimate of drug-likeness (QED) is 0.634. The molecule has 1 saturated heterocycles. The molecule has 1 aliphatic rings. The molecule has 20 heavy (non-hydrogen) atoms. The summed E-state index contributed by atoms with van der Waals surface area (Å²) in [6, 6.07) is 4.99. The molecule has 110 valence electrons. The Bertz CT molecular complexity index is 587. The fourth-order valence-corrected chi connectivity index (χ4v) is 4.61. The Morgan fingerprint density at radius 1 is 1.15 bits per heavy atom. The fraction of sp³-hybridized carbons (Fsp3) is 0.538. The Hall–Kier alpha value is -1.47. The molecule has 1 aromatic carbocycles. The van der Waals surface area contributed by atoms with Crippen molar-refractivity contribution in [3.63, 3.8) is 0 Å². The van der Waals surface area contributed by atoms with Crippen LogP contribution in [0.25, 0.3) is 0 Å². The number of nitrogens with zero attached hydrogens (tertiary/aromatic N) is 2. The number of rotatable bonds is 3. The number of hydrogen-bond donors (Lipinski definition) is 0. The minimum atomic E-state index is -3.59. The van der Waals surface area contributed by atoms with Crippen molar-refractivity contribution >= 4 is 15.7 Å². The molecule has 0 saturated carbocycles. The molecule has 1 aromatic rings. The minimum absolute atomic E-state index is 0.0426. The van der Waals surface area contributed by atoms with Crippen LogP contribution in [0, 0.1) is 10.1 Å². The number of piperidine rings is 1. The first-order valence-electron chi connectivity index (χ1n) is 6.62. The topological polar surface area (TPSA) is 80.5 Å². The standard InChI is InChI=1S/C13H18N2O4S/c1-10-4-3-5-11(2)14(10)20(18,19)13-8-6-12(7-9-13)15(16)17/h6-11H,3-5H2,1-2H3/t10-,11-/m0/s1. The normalized spacial score (nSPS) is 24.5. The highest BCUT2D eigenvalue weighted by atomic mass is 32.2. The summed E-state index contributed by atoms with van der Waals surface area (Å²) >= 11 is 0. The highest BCUT2D eigenvalue weighted by Crippen LogP contribution is 2.30. The molecule has 0 aliphatic carbocycles. The SMILES string of the molecule is C[C@H]1CCC[C@H](C)N1S(=O)(=O)c1ccc([N+](=O)[O-])cc1. The lowest BCUT2D eigenvalue weighted by molar-refractivity contribution is -0.384. The van der Waals surface area contributed by atoms with Gasteiger partial charge in [-0.15, -0.1) is 0 Å². The summed E-state index contributed by atoms with van der Waals surface area (Å²) in [5.41, 5.74) is -0.108. The number of non-ortho nitro benzene ring substituents is 1. The van der Waals surface area contributed by atoms with Crippen LogP contribution < -0.4 is 0 Å². The molecule has 0 bridgehead atoms. The van der Waals surface area contributed by atoms with E-state index in [9.17, 15) is 18.5 Å². The van der Waals surface area contributed by atoms with Crippen LogP contribution >= 0.6 is 0 Å². The van der Waals surface area contributed by atoms with Crippen molar-refractivity contribution in [1.29, 1.82) is 0 Å². The van der Waals surface area contributed by atoms with Gasteiger partial charge in [0.2, 0.25) is 10.0 Å². The summed E-state index contributed by atoms with van der Waals surface area (Å²) < 4.78 is 26.8. The van der Waals surface area contributed by atoms with Crippen LogP contribution in [0.2, 0.25) is 0 Å². The van der Waals surface area contributed by atoms with E-state index in [0.29, 0.717) is 0 Å². The first kappa shape index (κ1) is 14.9. The second kappa shape index (κ2) is 5.49. The molecule has 0 radical (unpaired) electrons. The van der Waals surface area contributed by atoms with Crippen LogP contribution in [-0.4, -0.2) is 29.7 Å². The average Bonchev–Trinajstić information content (AvgIpc) is 2.38. The van der Waals surface area contributed by atoms with Gasteiger partial charge < -0.3 is 0 Å². The first-order valence-corrected chi connectivity index (χ1v) is 8.06. The van der Waals surface area contributed by atoms with E-state index in [2.05, 4.69) is 0 Å². The third kappa shape index (κ3) is 2.69. The first-order chi connectivity index (χ1) is 9.34. The van der Waals surface area contributed by atoms with Gasteiger partial charge >= 0.3 is 0 Å². The molecule has 0 spiro atoms. The largest absolute Gasteiger partial charge is 0.269 e. The molecule has 2 rings (SSSR count). The Labute approximate surface area is 118 Å². The molecule has 1 aliphatic heterocycles. The zero-order valence-corrected chi connectivity index (χ0v) is 12.3. The third-order valence-electron chi connectivity index (χ3n) is 3.74. The van der Waals surface area contributed by atoms with E-state index < -0.39 is 14.9 Å². The molecule has 0 amide bonds. The van der Waals surface area contributed by atoms with E-state index in [1.807, 2.05) is 13.8 Å². The zero-order chi connectivity index (χ0) is 14.9. The molecule has 0 unspecified atom stereocenters. The maximum Gasteiger partial charge on any atom is 0.269 e. The highest BCUT2D eigenvalue weighted by Gasteiger charge is 2.35. The summed E-state index contributed by atoms with van der Waals surface area (Å²) in [7, 11) is -3.59. The number of nitro groups is 1. The molecular formula is C13H18N2O4S. The maximum absolute atomic E-state index is 12.6. The highest BCUT2D eigenvalue weighted by molar-refractivity contribution is 7.89. The van der Waals surface area contributed by atoms with Gasteiger partial charge in [0.05, 0.1) is 9.82 Å². The van der Waals surface area contributed by atoms with Crippen molar-refractivity contribution in [2.75, 3.05) is 0 Å². The molecule has 1 fully saturated rings. The van der Waals surface area contributed by atoms with Gasteiger partial charge in [-0.3, -0.25) is 10.1 Å². The molecule has 6 nitrogen and oxygen atoms in total. The van der Waals surface area contributed by atoms with E-state index >= 15 is 0 Å². The van der Waals surface area contributed by atoms with Crippen LogP contribution in [0.15, 0.2) is 29.2 Å². The monoisotopic (exact) mass is 298 g/mol. The Kier molecular flexibility index (Phi) is 4.10. The molecule has 2 atom stereocenters. The fourth-order valence-electron chi connectivity index (χ4n) is 2.73. The number of sulfonamides is 1. The van der Waals surface area contributed by atoms with Crippen LogP contribution in [0.1, 0.15) is 33.1 Å². The van der Waals surface area contributed by atoms with Gasteiger partial charge in [0, 0.05) is 24.2 Å². The average molecular weight is 298 g/mol. The second-order valence-corrected chi connectivity index (χ2v) is 7.06. The van der Waals surface area contributed by atoms with E-state index in [1.54, 1.807) is 0 Å². The van der Waals surface area contributed by atoms with Crippen LogP contribution in [0.4, 0.5) is 5.69 Å². The second-order valence-electron chi connectivity index (χ2n) is 5.21. The lowest BCUT2D eigenvalue weighted by Gasteiger charge is -2.37. The summed E-state index contributed by atoms with van der Waals surface area (Å²) in [5, 5.41) is 10.6. The van der Waals surface area contributed by atoms with Gasteiger partial charge in [0.15, 0.2) is 0 Å². The van der Waals surface area contributed by atoms with Gasteiger partial charge in [-0.25, -0.2) is 8.42 Å². The lowest BCUT2D eigenvalue weighted by atomic mass is 10.0.